The van der Waals surface area contributed by atoms with Crippen LogP contribution in [-0.4, -0.2) is 10.5 Å². The van der Waals surface area contributed by atoms with Crippen LogP contribution in [0.5, 0.6) is 0 Å². The minimum atomic E-state index is -1.16. The molecule has 4 heteroatoms. The number of halogens is 1. The highest BCUT2D eigenvalue weighted by Gasteiger charge is 2.06. The largest absolute Gasteiger partial charge is 0.447 e. The maximum absolute atomic E-state index is 12.7. The van der Waals surface area contributed by atoms with Gasteiger partial charge in [0.2, 0.25) is 0 Å². The van der Waals surface area contributed by atoms with E-state index in [-0.39, 0.29) is 5.82 Å². The molecule has 1 heterocycles. The van der Waals surface area contributed by atoms with Crippen molar-refractivity contribution in [1.29, 1.82) is 0 Å². The lowest BCUT2D eigenvalue weighted by Gasteiger charge is -1.86. The second kappa shape index (κ2) is 2.96. The highest BCUT2D eigenvalue weighted by atomic mass is 32.2. The van der Waals surface area contributed by atoms with Crippen LogP contribution < -0.4 is 0 Å². The molecule has 0 aliphatic heterocycles. The van der Waals surface area contributed by atoms with Crippen LogP contribution in [0.25, 0.3) is 11.0 Å². The van der Waals surface area contributed by atoms with E-state index in [1.807, 2.05) is 0 Å². The normalized spacial score (nSPS) is 13.4. The summed E-state index contributed by atoms with van der Waals surface area (Å²) in [5.74, 6) is -0.318. The Morgan fingerprint density at radius 2 is 2.15 bits per heavy atom. The predicted molar refractivity (Wildman–Crippen MR) is 48.5 cm³/mol. The van der Waals surface area contributed by atoms with Crippen molar-refractivity contribution >= 4 is 21.8 Å². The summed E-state index contributed by atoms with van der Waals surface area (Å²) in [6.45, 7) is 0. The van der Waals surface area contributed by atoms with Gasteiger partial charge in [-0.15, -0.1) is 0 Å². The van der Waals surface area contributed by atoms with Crippen molar-refractivity contribution in [3.05, 3.63) is 30.1 Å². The van der Waals surface area contributed by atoms with E-state index in [0.29, 0.717) is 16.1 Å². The molecule has 2 rings (SSSR count). The third-order valence-electron chi connectivity index (χ3n) is 1.74. The molecule has 0 aliphatic rings. The number of hydrogen-bond donors (Lipinski definition) is 0. The van der Waals surface area contributed by atoms with Crippen molar-refractivity contribution in [1.82, 2.24) is 0 Å². The minimum Gasteiger partial charge on any atom is -0.447 e. The van der Waals surface area contributed by atoms with E-state index in [4.69, 9.17) is 4.42 Å². The Morgan fingerprint density at radius 3 is 2.85 bits per heavy atom. The molecule has 0 aliphatic carbocycles. The molecule has 0 amide bonds. The highest BCUT2D eigenvalue weighted by molar-refractivity contribution is 7.84. The highest BCUT2D eigenvalue weighted by Crippen LogP contribution is 2.21. The van der Waals surface area contributed by atoms with Crippen LogP contribution in [-0.2, 0) is 10.8 Å². The first kappa shape index (κ1) is 8.44. The summed E-state index contributed by atoms with van der Waals surface area (Å²) >= 11 is 0. The van der Waals surface area contributed by atoms with E-state index in [0.717, 1.165) is 0 Å². The average molecular weight is 198 g/mol. The van der Waals surface area contributed by atoms with Crippen LogP contribution in [0.1, 0.15) is 0 Å². The van der Waals surface area contributed by atoms with Crippen LogP contribution in [0.4, 0.5) is 4.39 Å². The summed E-state index contributed by atoms with van der Waals surface area (Å²) in [5, 5.41) is 1.02. The molecular weight excluding hydrogens is 191 g/mol. The molecule has 0 spiro atoms. The zero-order valence-electron chi connectivity index (χ0n) is 6.91. The van der Waals surface area contributed by atoms with E-state index in [1.165, 1.54) is 24.5 Å². The van der Waals surface area contributed by atoms with Gasteiger partial charge >= 0.3 is 0 Å². The number of hydrogen-bond acceptors (Lipinski definition) is 2. The third-order valence-corrected chi connectivity index (χ3v) is 2.51. The van der Waals surface area contributed by atoms with Gasteiger partial charge in [0, 0.05) is 17.7 Å². The molecule has 0 saturated heterocycles. The van der Waals surface area contributed by atoms with E-state index in [9.17, 15) is 8.60 Å². The van der Waals surface area contributed by atoms with E-state index in [1.54, 1.807) is 6.07 Å². The lowest BCUT2D eigenvalue weighted by molar-refractivity contribution is 0.504. The van der Waals surface area contributed by atoms with Crippen LogP contribution >= 0.6 is 0 Å². The fourth-order valence-electron chi connectivity index (χ4n) is 1.13. The first-order valence-corrected chi connectivity index (χ1v) is 5.25. The zero-order chi connectivity index (χ0) is 9.42. The summed E-state index contributed by atoms with van der Waals surface area (Å²) in [6, 6.07) is 5.79. The second-order valence-electron chi connectivity index (χ2n) is 2.70. The Labute approximate surface area is 76.8 Å². The first-order chi connectivity index (χ1) is 6.16. The van der Waals surface area contributed by atoms with Crippen molar-refractivity contribution in [3.8, 4) is 0 Å². The second-order valence-corrected chi connectivity index (χ2v) is 4.01. The lowest BCUT2D eigenvalue weighted by atomic mass is 10.2. The number of benzene rings is 1. The van der Waals surface area contributed by atoms with Crippen LogP contribution in [0.3, 0.4) is 0 Å². The zero-order valence-corrected chi connectivity index (χ0v) is 7.73. The predicted octanol–water partition coefficient (Wildman–Crippen LogP) is 2.31. The first-order valence-electron chi connectivity index (χ1n) is 3.69. The van der Waals surface area contributed by atoms with E-state index >= 15 is 0 Å². The molecule has 1 atom stereocenters. The van der Waals surface area contributed by atoms with Gasteiger partial charge in [0.05, 0.1) is 10.8 Å². The molecule has 1 aromatic carbocycles. The Hall–Kier alpha value is -1.16. The van der Waals surface area contributed by atoms with Crippen LogP contribution in [0.2, 0.25) is 0 Å². The smallest absolute Gasteiger partial charge is 0.191 e. The van der Waals surface area contributed by atoms with Gasteiger partial charge in [0.1, 0.15) is 11.4 Å². The molecule has 2 nitrogen and oxygen atoms in total. The molecular formula is C9H7FO2S. The Bertz CT molecular complexity index is 475. The average Bonchev–Trinajstić information content (AvgIpc) is 2.46. The molecule has 1 unspecified atom stereocenters. The van der Waals surface area contributed by atoms with Crippen LogP contribution in [0.15, 0.2) is 33.8 Å². The van der Waals surface area contributed by atoms with Gasteiger partial charge in [-0.1, -0.05) is 0 Å². The van der Waals surface area contributed by atoms with Gasteiger partial charge in [0.25, 0.3) is 0 Å². The molecule has 68 valence electrons. The Balaban J connectivity index is 2.68. The van der Waals surface area contributed by atoms with Gasteiger partial charge in [-0.2, -0.15) is 0 Å². The fraction of sp³-hybridized carbons (Fsp3) is 0.111. The maximum Gasteiger partial charge on any atom is 0.191 e. The van der Waals surface area contributed by atoms with E-state index in [2.05, 4.69) is 0 Å². The van der Waals surface area contributed by atoms with Gasteiger partial charge in [0.15, 0.2) is 5.09 Å². The number of rotatable bonds is 1. The monoisotopic (exact) mass is 198 g/mol. The summed E-state index contributed by atoms with van der Waals surface area (Å²) in [7, 11) is -1.16. The molecule has 0 bridgehead atoms. The van der Waals surface area contributed by atoms with Gasteiger partial charge < -0.3 is 4.42 Å². The summed E-state index contributed by atoms with van der Waals surface area (Å²) in [5.41, 5.74) is 0.562. The summed E-state index contributed by atoms with van der Waals surface area (Å²) < 4.78 is 29.0. The number of fused-ring (bicyclic) bond motifs is 1. The Kier molecular flexibility index (Phi) is 1.92. The molecule has 2 aromatic rings. The third kappa shape index (κ3) is 1.49. The molecule has 0 fully saturated rings. The van der Waals surface area contributed by atoms with Crippen molar-refractivity contribution in [2.24, 2.45) is 0 Å². The lowest BCUT2D eigenvalue weighted by Crippen LogP contribution is -1.80. The van der Waals surface area contributed by atoms with Crippen molar-refractivity contribution < 1.29 is 13.0 Å². The molecule has 0 N–H and O–H groups in total. The molecule has 0 saturated carbocycles. The van der Waals surface area contributed by atoms with Crippen molar-refractivity contribution in [2.45, 2.75) is 5.09 Å². The standard InChI is InChI=1S/C9H7FO2S/c1-13(11)9-5-6-4-7(10)2-3-8(6)12-9/h2-5H,1H3. The SMILES string of the molecule is CS(=O)c1cc2cc(F)ccc2o1. The van der Waals surface area contributed by atoms with Gasteiger partial charge in [-0.25, -0.2) is 4.39 Å². The summed E-state index contributed by atoms with van der Waals surface area (Å²) in [4.78, 5) is 0. The van der Waals surface area contributed by atoms with E-state index < -0.39 is 10.8 Å². The summed E-state index contributed by atoms with van der Waals surface area (Å²) in [6.07, 6.45) is 1.52. The minimum absolute atomic E-state index is 0.318. The van der Waals surface area contributed by atoms with Gasteiger partial charge in [-0.05, 0) is 18.2 Å². The van der Waals surface area contributed by atoms with Crippen molar-refractivity contribution in [2.75, 3.05) is 6.26 Å². The molecule has 13 heavy (non-hydrogen) atoms. The molecule has 0 radical (unpaired) electrons. The quantitative estimate of drug-likeness (QED) is 0.703. The Morgan fingerprint density at radius 1 is 1.38 bits per heavy atom. The molecule has 1 aromatic heterocycles. The topological polar surface area (TPSA) is 30.2 Å². The van der Waals surface area contributed by atoms with Crippen LogP contribution in [0, 0.1) is 5.82 Å². The fourth-order valence-corrected chi connectivity index (χ4v) is 1.63. The number of furan rings is 1. The van der Waals surface area contributed by atoms with Gasteiger partial charge in [-0.3, -0.25) is 4.21 Å². The van der Waals surface area contributed by atoms with Crippen molar-refractivity contribution in [3.63, 3.8) is 0 Å². The maximum atomic E-state index is 12.7.